The largest absolute Gasteiger partial charge is 0.334 e. The van der Waals surface area contributed by atoms with Crippen LogP contribution in [0.25, 0.3) is 0 Å². The van der Waals surface area contributed by atoms with Crippen molar-refractivity contribution in [2.75, 3.05) is 18.4 Å². The number of hydrogen-bond donors (Lipinski definition) is 3. The van der Waals surface area contributed by atoms with Gasteiger partial charge in [0.05, 0.1) is 6.33 Å². The van der Waals surface area contributed by atoms with Gasteiger partial charge in [0, 0.05) is 18.8 Å². The molecule has 0 aliphatic heterocycles. The standard InChI is InChI=1S/C11H14FN3O/c12-6-9(7-13)8-14-11(16)15-10-4-2-1-3-5-10/h1-6H,7-8,13H2,(H2,14,15,16)/b9-6+. The molecule has 0 saturated carbocycles. The van der Waals surface area contributed by atoms with Crippen molar-refractivity contribution in [2.45, 2.75) is 0 Å². The van der Waals surface area contributed by atoms with E-state index in [9.17, 15) is 9.18 Å². The highest BCUT2D eigenvalue weighted by Gasteiger charge is 2.01. The Morgan fingerprint density at radius 2 is 2.06 bits per heavy atom. The van der Waals surface area contributed by atoms with Gasteiger partial charge in [0.2, 0.25) is 0 Å². The molecule has 4 N–H and O–H groups in total. The lowest BCUT2D eigenvalue weighted by Gasteiger charge is -2.07. The van der Waals surface area contributed by atoms with E-state index in [0.29, 0.717) is 17.6 Å². The number of hydrogen-bond acceptors (Lipinski definition) is 2. The Morgan fingerprint density at radius 1 is 1.38 bits per heavy atom. The number of carbonyl (C=O) groups is 1. The van der Waals surface area contributed by atoms with Gasteiger partial charge in [-0.2, -0.15) is 0 Å². The van der Waals surface area contributed by atoms with E-state index in [2.05, 4.69) is 10.6 Å². The zero-order valence-electron chi connectivity index (χ0n) is 8.74. The van der Waals surface area contributed by atoms with Gasteiger partial charge in [0.25, 0.3) is 0 Å². The third-order valence-electron chi connectivity index (χ3n) is 1.92. The molecule has 0 fully saturated rings. The maximum atomic E-state index is 12.1. The van der Waals surface area contributed by atoms with Gasteiger partial charge in [-0.15, -0.1) is 0 Å². The van der Waals surface area contributed by atoms with E-state index in [1.807, 2.05) is 18.2 Å². The number of nitrogens with one attached hydrogen (secondary N) is 2. The summed E-state index contributed by atoms with van der Waals surface area (Å²) < 4.78 is 12.1. The number of carbonyl (C=O) groups excluding carboxylic acids is 1. The van der Waals surface area contributed by atoms with E-state index >= 15 is 0 Å². The molecule has 1 aromatic carbocycles. The van der Waals surface area contributed by atoms with Crippen molar-refractivity contribution >= 4 is 11.7 Å². The summed E-state index contributed by atoms with van der Waals surface area (Å²) in [6.45, 7) is 0.188. The second-order valence-corrected chi connectivity index (χ2v) is 3.15. The van der Waals surface area contributed by atoms with Crippen molar-refractivity contribution in [3.63, 3.8) is 0 Å². The number of halogens is 1. The fraction of sp³-hybridized carbons (Fsp3) is 0.182. The highest BCUT2D eigenvalue weighted by atomic mass is 19.1. The van der Waals surface area contributed by atoms with E-state index in [1.54, 1.807) is 12.1 Å². The summed E-state index contributed by atoms with van der Waals surface area (Å²) in [7, 11) is 0. The molecule has 0 saturated heterocycles. The second-order valence-electron chi connectivity index (χ2n) is 3.15. The molecule has 4 nitrogen and oxygen atoms in total. The lowest BCUT2D eigenvalue weighted by molar-refractivity contribution is 0.253. The van der Waals surface area contributed by atoms with Gasteiger partial charge in [-0.05, 0) is 17.7 Å². The number of rotatable bonds is 4. The molecule has 0 aliphatic rings. The van der Waals surface area contributed by atoms with Crippen LogP contribution >= 0.6 is 0 Å². The summed E-state index contributed by atoms with van der Waals surface area (Å²) in [6.07, 6.45) is 0.406. The Hall–Kier alpha value is -1.88. The molecule has 5 heteroatoms. The number of para-hydroxylation sites is 1. The van der Waals surface area contributed by atoms with Crippen LogP contribution in [0, 0.1) is 0 Å². The van der Waals surface area contributed by atoms with Crippen LogP contribution in [0.4, 0.5) is 14.9 Å². The highest BCUT2D eigenvalue weighted by molar-refractivity contribution is 5.89. The van der Waals surface area contributed by atoms with Crippen molar-refractivity contribution in [3.05, 3.63) is 42.2 Å². The van der Waals surface area contributed by atoms with Gasteiger partial charge in [0.1, 0.15) is 0 Å². The van der Waals surface area contributed by atoms with Crippen LogP contribution in [0.5, 0.6) is 0 Å². The SMILES string of the molecule is NC/C(=C\F)CNC(=O)Nc1ccccc1. The van der Waals surface area contributed by atoms with E-state index in [-0.39, 0.29) is 19.1 Å². The molecule has 0 heterocycles. The lowest BCUT2D eigenvalue weighted by Crippen LogP contribution is -2.31. The van der Waals surface area contributed by atoms with Crippen molar-refractivity contribution in [1.82, 2.24) is 5.32 Å². The average molecular weight is 223 g/mol. The summed E-state index contributed by atoms with van der Waals surface area (Å²) >= 11 is 0. The molecule has 0 unspecified atom stereocenters. The summed E-state index contributed by atoms with van der Waals surface area (Å²) in [6, 6.07) is 8.59. The molecule has 0 radical (unpaired) electrons. The van der Waals surface area contributed by atoms with E-state index in [0.717, 1.165) is 0 Å². The van der Waals surface area contributed by atoms with Crippen LogP contribution in [0.2, 0.25) is 0 Å². The minimum absolute atomic E-state index is 0.0854. The quantitative estimate of drug-likeness (QED) is 0.726. The Morgan fingerprint density at radius 3 is 2.62 bits per heavy atom. The van der Waals surface area contributed by atoms with E-state index in [1.165, 1.54) is 0 Å². The summed E-state index contributed by atoms with van der Waals surface area (Å²) in [5, 5.41) is 5.10. The summed E-state index contributed by atoms with van der Waals surface area (Å²) in [5.74, 6) is 0. The van der Waals surface area contributed by atoms with Crippen molar-refractivity contribution in [3.8, 4) is 0 Å². The number of nitrogens with two attached hydrogens (primary N) is 1. The first-order valence-electron chi connectivity index (χ1n) is 4.84. The monoisotopic (exact) mass is 223 g/mol. The maximum absolute atomic E-state index is 12.1. The Bertz CT molecular complexity index is 365. The zero-order chi connectivity index (χ0) is 11.8. The molecule has 16 heavy (non-hydrogen) atoms. The zero-order valence-corrected chi connectivity index (χ0v) is 8.74. The van der Waals surface area contributed by atoms with Crippen LogP contribution in [0.15, 0.2) is 42.2 Å². The molecular weight excluding hydrogens is 209 g/mol. The number of anilines is 1. The molecule has 2 amide bonds. The van der Waals surface area contributed by atoms with Gasteiger partial charge in [-0.25, -0.2) is 9.18 Å². The van der Waals surface area contributed by atoms with Crippen molar-refractivity contribution in [1.29, 1.82) is 0 Å². The first kappa shape index (κ1) is 12.2. The highest BCUT2D eigenvalue weighted by Crippen LogP contribution is 2.04. The Kier molecular flexibility index (Phi) is 5.01. The Balaban J connectivity index is 2.37. The second kappa shape index (κ2) is 6.58. The van der Waals surface area contributed by atoms with Gasteiger partial charge in [-0.1, -0.05) is 18.2 Å². The first-order chi connectivity index (χ1) is 7.76. The van der Waals surface area contributed by atoms with Gasteiger partial charge in [-0.3, -0.25) is 0 Å². The first-order valence-corrected chi connectivity index (χ1v) is 4.84. The predicted molar refractivity (Wildman–Crippen MR) is 61.7 cm³/mol. The third kappa shape index (κ3) is 4.10. The molecule has 0 aromatic heterocycles. The van der Waals surface area contributed by atoms with Crippen LogP contribution in [0.1, 0.15) is 0 Å². The maximum Gasteiger partial charge on any atom is 0.319 e. The van der Waals surface area contributed by atoms with Gasteiger partial charge < -0.3 is 16.4 Å². The summed E-state index contributed by atoms with van der Waals surface area (Å²) in [5.41, 5.74) is 6.26. The van der Waals surface area contributed by atoms with Gasteiger partial charge >= 0.3 is 6.03 Å². The number of benzene rings is 1. The van der Waals surface area contributed by atoms with Crippen molar-refractivity contribution in [2.24, 2.45) is 5.73 Å². The van der Waals surface area contributed by atoms with Crippen LogP contribution < -0.4 is 16.4 Å². The molecular formula is C11H14FN3O. The molecule has 0 bridgehead atoms. The molecule has 86 valence electrons. The fourth-order valence-electron chi connectivity index (χ4n) is 1.05. The lowest BCUT2D eigenvalue weighted by atomic mass is 10.3. The molecule has 0 atom stereocenters. The molecule has 1 rings (SSSR count). The van der Waals surface area contributed by atoms with Crippen LogP contribution in [0.3, 0.4) is 0 Å². The number of amides is 2. The average Bonchev–Trinajstić information content (AvgIpc) is 2.31. The van der Waals surface area contributed by atoms with Crippen LogP contribution in [-0.2, 0) is 0 Å². The normalized spacial score (nSPS) is 11.0. The van der Waals surface area contributed by atoms with Crippen molar-refractivity contribution < 1.29 is 9.18 Å². The molecule has 0 aliphatic carbocycles. The predicted octanol–water partition coefficient (Wildman–Crippen LogP) is 1.62. The van der Waals surface area contributed by atoms with Crippen LogP contribution in [-0.4, -0.2) is 19.1 Å². The minimum atomic E-state index is -0.390. The fourth-order valence-corrected chi connectivity index (χ4v) is 1.05. The Labute approximate surface area is 93.3 Å². The third-order valence-corrected chi connectivity index (χ3v) is 1.92. The molecule has 0 spiro atoms. The summed E-state index contributed by atoms with van der Waals surface area (Å²) in [4.78, 5) is 11.3. The topological polar surface area (TPSA) is 67.1 Å². The van der Waals surface area contributed by atoms with E-state index < -0.39 is 0 Å². The van der Waals surface area contributed by atoms with Gasteiger partial charge in [0.15, 0.2) is 0 Å². The number of urea groups is 1. The molecule has 1 aromatic rings. The van der Waals surface area contributed by atoms with E-state index in [4.69, 9.17) is 5.73 Å². The minimum Gasteiger partial charge on any atom is -0.334 e. The smallest absolute Gasteiger partial charge is 0.319 e.